The van der Waals surface area contributed by atoms with Crippen LogP contribution in [0.3, 0.4) is 0 Å². The largest absolute Gasteiger partial charge is 0.356 e. The third-order valence-corrected chi connectivity index (χ3v) is 7.13. The predicted octanol–water partition coefficient (Wildman–Crippen LogP) is 3.48. The van der Waals surface area contributed by atoms with E-state index in [-0.39, 0.29) is 29.3 Å². The van der Waals surface area contributed by atoms with E-state index in [4.69, 9.17) is 0 Å². The summed E-state index contributed by atoms with van der Waals surface area (Å²) >= 11 is 0. The normalized spacial score (nSPS) is 14.8. The molecular weight excluding hydrogens is 400 g/mol. The Morgan fingerprint density at radius 3 is 2.40 bits per heavy atom. The Morgan fingerprint density at radius 2 is 1.73 bits per heavy atom. The summed E-state index contributed by atoms with van der Waals surface area (Å²) in [5, 5.41) is 2.87. The molecule has 0 atom stereocenters. The van der Waals surface area contributed by atoms with Gasteiger partial charge in [0.15, 0.2) is 0 Å². The van der Waals surface area contributed by atoms with Gasteiger partial charge >= 0.3 is 0 Å². The number of rotatable bonds is 9. The van der Waals surface area contributed by atoms with Gasteiger partial charge < -0.3 is 5.32 Å². The van der Waals surface area contributed by atoms with Crippen LogP contribution >= 0.6 is 0 Å². The maximum Gasteiger partial charge on any atom is 0.269 e. The molecule has 0 unspecified atom stereocenters. The molecular formula is C23H28N2O4S. The molecule has 0 aliphatic carbocycles. The van der Waals surface area contributed by atoms with E-state index in [1.807, 2.05) is 0 Å². The van der Waals surface area contributed by atoms with Crippen LogP contribution < -0.4 is 5.32 Å². The standard InChI is InChI=1S/C23H28N2O4S/c1-17(2)19-13-11-18(12-14-19)7-5-15-24-22(26)10-6-16-25-23(27)20-8-3-4-9-21(20)30(25,28)29/h3-4,8-9,11-14,17H,5-7,10,15-16H2,1-2H3,(H,24,26). The van der Waals surface area contributed by atoms with Crippen LogP contribution in [0.2, 0.25) is 0 Å². The molecule has 1 N–H and O–H groups in total. The molecule has 1 heterocycles. The maximum atomic E-state index is 12.5. The summed E-state index contributed by atoms with van der Waals surface area (Å²) in [6.07, 6.45) is 2.19. The number of benzene rings is 2. The topological polar surface area (TPSA) is 83.6 Å². The lowest BCUT2D eigenvalue weighted by molar-refractivity contribution is -0.121. The van der Waals surface area contributed by atoms with E-state index < -0.39 is 15.9 Å². The van der Waals surface area contributed by atoms with Crippen molar-refractivity contribution in [3.8, 4) is 0 Å². The van der Waals surface area contributed by atoms with E-state index in [1.54, 1.807) is 12.1 Å². The van der Waals surface area contributed by atoms with Crippen molar-refractivity contribution < 1.29 is 18.0 Å². The van der Waals surface area contributed by atoms with Crippen LogP contribution in [-0.2, 0) is 21.2 Å². The zero-order valence-corrected chi connectivity index (χ0v) is 18.2. The summed E-state index contributed by atoms with van der Waals surface area (Å²) < 4.78 is 25.8. The number of aryl methyl sites for hydroxylation is 1. The van der Waals surface area contributed by atoms with Crippen LogP contribution in [0.4, 0.5) is 0 Å². The molecule has 3 rings (SSSR count). The van der Waals surface area contributed by atoms with Gasteiger partial charge in [-0.3, -0.25) is 9.59 Å². The minimum absolute atomic E-state index is 0.00542. The minimum atomic E-state index is -3.80. The van der Waals surface area contributed by atoms with Gasteiger partial charge in [-0.1, -0.05) is 50.2 Å². The van der Waals surface area contributed by atoms with Crippen molar-refractivity contribution in [2.75, 3.05) is 13.1 Å². The molecule has 0 fully saturated rings. The van der Waals surface area contributed by atoms with Crippen molar-refractivity contribution in [2.45, 2.75) is 50.3 Å². The monoisotopic (exact) mass is 428 g/mol. The maximum absolute atomic E-state index is 12.5. The van der Waals surface area contributed by atoms with E-state index in [0.29, 0.717) is 18.9 Å². The lowest BCUT2D eigenvalue weighted by Crippen LogP contribution is -2.32. The highest BCUT2D eigenvalue weighted by molar-refractivity contribution is 7.90. The van der Waals surface area contributed by atoms with E-state index in [0.717, 1.165) is 17.1 Å². The zero-order chi connectivity index (χ0) is 21.7. The summed E-state index contributed by atoms with van der Waals surface area (Å²) in [5.74, 6) is -0.139. The number of sulfonamides is 1. The van der Waals surface area contributed by atoms with Gasteiger partial charge in [0.05, 0.1) is 5.56 Å². The number of nitrogens with zero attached hydrogens (tertiary/aromatic N) is 1. The van der Waals surface area contributed by atoms with Crippen LogP contribution in [0.15, 0.2) is 53.4 Å². The SMILES string of the molecule is CC(C)c1ccc(CCCNC(=O)CCCN2C(=O)c3ccccc3S2(=O)=O)cc1. The Morgan fingerprint density at radius 1 is 1.03 bits per heavy atom. The van der Waals surface area contributed by atoms with Gasteiger partial charge in [0.1, 0.15) is 4.90 Å². The molecule has 1 aliphatic heterocycles. The molecule has 160 valence electrons. The average Bonchev–Trinajstić information content (AvgIpc) is 2.92. The molecule has 7 heteroatoms. The highest BCUT2D eigenvalue weighted by Crippen LogP contribution is 2.29. The first-order chi connectivity index (χ1) is 14.3. The molecule has 0 spiro atoms. The number of nitrogens with one attached hydrogen (secondary N) is 1. The Bertz CT molecular complexity index is 1010. The van der Waals surface area contributed by atoms with Crippen molar-refractivity contribution >= 4 is 21.8 Å². The second-order valence-corrected chi connectivity index (χ2v) is 9.66. The third-order valence-electron chi connectivity index (χ3n) is 5.29. The van der Waals surface area contributed by atoms with E-state index >= 15 is 0 Å². The van der Waals surface area contributed by atoms with Crippen LogP contribution in [0.1, 0.15) is 60.5 Å². The van der Waals surface area contributed by atoms with Gasteiger partial charge in [0, 0.05) is 19.5 Å². The summed E-state index contributed by atoms with van der Waals surface area (Å²) in [7, 11) is -3.80. The van der Waals surface area contributed by atoms with Crippen molar-refractivity contribution in [2.24, 2.45) is 0 Å². The molecule has 2 aromatic carbocycles. The number of carbonyl (C=O) groups is 2. The molecule has 30 heavy (non-hydrogen) atoms. The van der Waals surface area contributed by atoms with Crippen molar-refractivity contribution in [3.05, 3.63) is 65.2 Å². The van der Waals surface area contributed by atoms with Crippen LogP contribution in [0.25, 0.3) is 0 Å². The van der Waals surface area contributed by atoms with E-state index in [9.17, 15) is 18.0 Å². The Kier molecular flexibility index (Phi) is 6.92. The highest BCUT2D eigenvalue weighted by atomic mass is 32.2. The Labute approximate surface area is 178 Å². The third kappa shape index (κ3) is 4.90. The summed E-state index contributed by atoms with van der Waals surface area (Å²) in [6, 6.07) is 14.7. The van der Waals surface area contributed by atoms with E-state index in [2.05, 4.69) is 43.4 Å². The predicted molar refractivity (Wildman–Crippen MR) is 116 cm³/mol. The second-order valence-electron chi connectivity index (χ2n) is 7.83. The fourth-order valence-electron chi connectivity index (χ4n) is 3.51. The van der Waals surface area contributed by atoms with Gasteiger partial charge in [-0.2, -0.15) is 0 Å². The fourth-order valence-corrected chi connectivity index (χ4v) is 5.12. The minimum Gasteiger partial charge on any atom is -0.356 e. The van der Waals surface area contributed by atoms with Crippen LogP contribution in [0, 0.1) is 0 Å². The molecule has 0 aromatic heterocycles. The van der Waals surface area contributed by atoms with Gasteiger partial charge in [0.25, 0.3) is 15.9 Å². The zero-order valence-electron chi connectivity index (χ0n) is 17.4. The van der Waals surface area contributed by atoms with Gasteiger partial charge in [-0.05, 0) is 48.4 Å². The molecule has 6 nitrogen and oxygen atoms in total. The number of hydrogen-bond acceptors (Lipinski definition) is 4. The fraction of sp³-hybridized carbons (Fsp3) is 0.391. The molecule has 2 aromatic rings. The number of hydrogen-bond donors (Lipinski definition) is 1. The Balaban J connectivity index is 1.38. The first kappa shape index (κ1) is 22.0. The molecule has 0 saturated carbocycles. The summed E-state index contributed by atoms with van der Waals surface area (Å²) in [5.41, 5.74) is 2.75. The van der Waals surface area contributed by atoms with Crippen molar-refractivity contribution in [1.82, 2.24) is 9.62 Å². The second kappa shape index (κ2) is 9.43. The first-order valence-electron chi connectivity index (χ1n) is 10.3. The highest BCUT2D eigenvalue weighted by Gasteiger charge is 2.40. The van der Waals surface area contributed by atoms with Crippen LogP contribution in [0.5, 0.6) is 0 Å². The quantitative estimate of drug-likeness (QED) is 0.620. The summed E-state index contributed by atoms with van der Waals surface area (Å²) in [6.45, 7) is 4.90. The first-order valence-corrected chi connectivity index (χ1v) is 11.8. The molecule has 2 amide bonds. The molecule has 1 aliphatic rings. The molecule has 0 bridgehead atoms. The molecule has 0 saturated heterocycles. The lowest BCUT2D eigenvalue weighted by atomic mass is 10.0. The molecule has 0 radical (unpaired) electrons. The van der Waals surface area contributed by atoms with E-state index in [1.165, 1.54) is 23.3 Å². The van der Waals surface area contributed by atoms with Gasteiger partial charge in [-0.15, -0.1) is 0 Å². The number of carbonyl (C=O) groups excluding carboxylic acids is 2. The summed E-state index contributed by atoms with van der Waals surface area (Å²) in [4.78, 5) is 24.4. The number of amides is 2. The van der Waals surface area contributed by atoms with Crippen molar-refractivity contribution in [3.63, 3.8) is 0 Å². The average molecular weight is 429 g/mol. The number of fused-ring (bicyclic) bond motifs is 1. The smallest absolute Gasteiger partial charge is 0.269 e. The van der Waals surface area contributed by atoms with Gasteiger partial charge in [0.2, 0.25) is 5.91 Å². The van der Waals surface area contributed by atoms with Crippen LogP contribution in [-0.4, -0.2) is 37.6 Å². The lowest BCUT2D eigenvalue weighted by Gasteiger charge is -2.14. The van der Waals surface area contributed by atoms with Gasteiger partial charge in [-0.25, -0.2) is 12.7 Å². The van der Waals surface area contributed by atoms with Crippen molar-refractivity contribution in [1.29, 1.82) is 0 Å². The Hall–Kier alpha value is -2.67.